The van der Waals surface area contributed by atoms with Gasteiger partial charge in [-0.25, -0.2) is 17.5 Å². The van der Waals surface area contributed by atoms with Crippen LogP contribution >= 0.6 is 0 Å². The van der Waals surface area contributed by atoms with Crippen LogP contribution in [0.1, 0.15) is 25.8 Å². The molecule has 0 spiro atoms. The number of nitrogens with zero attached hydrogens (tertiary/aromatic N) is 1. The van der Waals surface area contributed by atoms with Crippen molar-refractivity contribution in [2.75, 3.05) is 6.54 Å². The number of benzene rings is 1. The summed E-state index contributed by atoms with van der Waals surface area (Å²) in [5, 5.41) is 8.73. The summed E-state index contributed by atoms with van der Waals surface area (Å²) in [7, 11) is -3.81. The van der Waals surface area contributed by atoms with Crippen molar-refractivity contribution in [2.24, 2.45) is 11.7 Å². The molecular weight excluding hydrogens is 281 g/mol. The average molecular weight is 299 g/mol. The molecule has 5 nitrogen and oxygen atoms in total. The summed E-state index contributed by atoms with van der Waals surface area (Å²) in [6.07, 6.45) is 0.599. The quantitative estimate of drug-likeness (QED) is 0.828. The molecule has 0 saturated heterocycles. The van der Waals surface area contributed by atoms with Gasteiger partial charge < -0.3 is 5.73 Å². The second-order valence-corrected chi connectivity index (χ2v) is 6.65. The summed E-state index contributed by atoms with van der Waals surface area (Å²) in [5.41, 5.74) is 5.24. The van der Waals surface area contributed by atoms with E-state index in [4.69, 9.17) is 11.0 Å². The molecule has 1 rings (SSSR count). The molecular formula is C13H18FN3O2S. The molecule has 1 unspecified atom stereocenters. The molecule has 3 N–H and O–H groups in total. The molecule has 0 heterocycles. The molecule has 1 aromatic carbocycles. The Hall–Kier alpha value is -1.49. The molecule has 0 bridgehead atoms. The molecule has 0 aromatic heterocycles. The zero-order valence-electron chi connectivity index (χ0n) is 11.4. The van der Waals surface area contributed by atoms with Crippen LogP contribution < -0.4 is 10.5 Å². The fraction of sp³-hybridized carbons (Fsp3) is 0.462. The average Bonchev–Trinajstić information content (AvgIpc) is 2.37. The summed E-state index contributed by atoms with van der Waals surface area (Å²) in [4.78, 5) is -0.141. The van der Waals surface area contributed by atoms with Crippen LogP contribution in [-0.4, -0.2) is 21.0 Å². The lowest BCUT2D eigenvalue weighted by Crippen LogP contribution is -2.41. The van der Waals surface area contributed by atoms with E-state index >= 15 is 0 Å². The second-order valence-electron chi connectivity index (χ2n) is 4.94. The number of nitrogens with one attached hydrogen (secondary N) is 1. The van der Waals surface area contributed by atoms with E-state index in [9.17, 15) is 12.8 Å². The third-order valence-electron chi connectivity index (χ3n) is 2.73. The predicted octanol–water partition coefficient (Wildman–Crippen LogP) is 1.35. The van der Waals surface area contributed by atoms with Crippen LogP contribution in [0.2, 0.25) is 0 Å². The monoisotopic (exact) mass is 299 g/mol. The first-order valence-corrected chi connectivity index (χ1v) is 7.70. The summed E-state index contributed by atoms with van der Waals surface area (Å²) in [6, 6.07) is 4.33. The molecule has 0 aliphatic heterocycles. The van der Waals surface area contributed by atoms with Crippen LogP contribution in [0.25, 0.3) is 0 Å². The number of hydrogen-bond donors (Lipinski definition) is 2. The predicted molar refractivity (Wildman–Crippen MR) is 73.7 cm³/mol. The van der Waals surface area contributed by atoms with Crippen LogP contribution in [0.4, 0.5) is 4.39 Å². The van der Waals surface area contributed by atoms with Crippen molar-refractivity contribution in [1.82, 2.24) is 4.72 Å². The summed E-state index contributed by atoms with van der Waals surface area (Å²) < 4.78 is 40.0. The highest BCUT2D eigenvalue weighted by Crippen LogP contribution is 2.15. The molecule has 0 aliphatic rings. The molecule has 110 valence electrons. The number of halogens is 1. The van der Waals surface area contributed by atoms with E-state index in [-0.39, 0.29) is 22.9 Å². The Morgan fingerprint density at radius 3 is 2.60 bits per heavy atom. The van der Waals surface area contributed by atoms with Crippen molar-refractivity contribution < 1.29 is 12.8 Å². The van der Waals surface area contributed by atoms with Crippen molar-refractivity contribution in [3.63, 3.8) is 0 Å². The number of hydrogen-bond acceptors (Lipinski definition) is 4. The number of nitriles is 1. The molecule has 0 aliphatic carbocycles. The van der Waals surface area contributed by atoms with Crippen molar-refractivity contribution >= 4 is 10.0 Å². The van der Waals surface area contributed by atoms with Crippen LogP contribution in [-0.2, 0) is 10.0 Å². The second kappa shape index (κ2) is 6.79. The normalized spacial score (nSPS) is 13.2. The lowest BCUT2D eigenvalue weighted by molar-refractivity contribution is 0.465. The molecule has 0 saturated carbocycles. The van der Waals surface area contributed by atoms with E-state index in [1.807, 2.05) is 13.8 Å². The smallest absolute Gasteiger partial charge is 0.240 e. The third kappa shape index (κ3) is 4.27. The summed E-state index contributed by atoms with van der Waals surface area (Å²) >= 11 is 0. The first-order valence-electron chi connectivity index (χ1n) is 6.22. The zero-order chi connectivity index (χ0) is 15.3. The lowest BCUT2D eigenvalue weighted by Gasteiger charge is -2.18. The van der Waals surface area contributed by atoms with E-state index in [0.29, 0.717) is 6.42 Å². The van der Waals surface area contributed by atoms with Crippen LogP contribution in [0.3, 0.4) is 0 Å². The van der Waals surface area contributed by atoms with Gasteiger partial charge in [0.1, 0.15) is 11.9 Å². The largest absolute Gasteiger partial charge is 0.329 e. The topological polar surface area (TPSA) is 96.0 Å². The first-order chi connectivity index (χ1) is 9.30. The van der Waals surface area contributed by atoms with Gasteiger partial charge in [-0.1, -0.05) is 13.8 Å². The Morgan fingerprint density at radius 1 is 1.45 bits per heavy atom. The maximum Gasteiger partial charge on any atom is 0.240 e. The molecule has 1 atom stereocenters. The Balaban J connectivity index is 3.02. The van der Waals surface area contributed by atoms with E-state index in [2.05, 4.69) is 4.72 Å². The van der Waals surface area contributed by atoms with Crippen LogP contribution in [0.5, 0.6) is 0 Å². The van der Waals surface area contributed by atoms with Gasteiger partial charge in [0.2, 0.25) is 10.0 Å². The minimum Gasteiger partial charge on any atom is -0.329 e. The van der Waals surface area contributed by atoms with Gasteiger partial charge in [0.25, 0.3) is 0 Å². The minimum atomic E-state index is -3.81. The van der Waals surface area contributed by atoms with Crippen LogP contribution in [0, 0.1) is 23.1 Å². The van der Waals surface area contributed by atoms with Crippen molar-refractivity contribution in [2.45, 2.75) is 31.2 Å². The number of rotatable bonds is 6. The lowest BCUT2D eigenvalue weighted by atomic mass is 10.1. The van der Waals surface area contributed by atoms with Crippen molar-refractivity contribution in [1.29, 1.82) is 5.26 Å². The SMILES string of the molecule is CC(C)CC(CN)NS(=O)(=O)c1ccc(F)c(C#N)c1. The Bertz CT molecular complexity index is 609. The van der Waals surface area contributed by atoms with Crippen molar-refractivity contribution in [3.05, 3.63) is 29.6 Å². The van der Waals surface area contributed by atoms with E-state index < -0.39 is 21.9 Å². The Kier molecular flexibility index (Phi) is 5.62. The summed E-state index contributed by atoms with van der Waals surface area (Å²) in [5.74, 6) is -0.460. The van der Waals surface area contributed by atoms with E-state index in [1.165, 1.54) is 0 Å². The first kappa shape index (κ1) is 16.6. The minimum absolute atomic E-state index is 0.141. The van der Waals surface area contributed by atoms with E-state index in [0.717, 1.165) is 18.2 Å². The maximum atomic E-state index is 13.2. The van der Waals surface area contributed by atoms with Gasteiger partial charge in [0.15, 0.2) is 0 Å². The molecule has 20 heavy (non-hydrogen) atoms. The summed E-state index contributed by atoms with van der Waals surface area (Å²) in [6.45, 7) is 4.09. The number of sulfonamides is 1. The maximum absolute atomic E-state index is 13.2. The van der Waals surface area contributed by atoms with Gasteiger partial charge >= 0.3 is 0 Å². The van der Waals surface area contributed by atoms with Gasteiger partial charge in [-0.3, -0.25) is 0 Å². The third-order valence-corrected chi connectivity index (χ3v) is 4.25. The molecule has 0 fully saturated rings. The Labute approximate surface area is 118 Å². The molecule has 0 radical (unpaired) electrons. The fourth-order valence-electron chi connectivity index (χ4n) is 1.81. The molecule has 1 aromatic rings. The standard InChI is InChI=1S/C13H18FN3O2S/c1-9(2)5-11(8-16)17-20(18,19)12-3-4-13(14)10(6-12)7-15/h3-4,6,9,11,17H,5,8,16H2,1-2H3. The van der Waals surface area contributed by atoms with Crippen molar-refractivity contribution in [3.8, 4) is 6.07 Å². The molecule has 0 amide bonds. The highest BCUT2D eigenvalue weighted by molar-refractivity contribution is 7.89. The van der Waals surface area contributed by atoms with Gasteiger partial charge in [-0.15, -0.1) is 0 Å². The van der Waals surface area contributed by atoms with Gasteiger partial charge in [0.05, 0.1) is 10.5 Å². The number of nitrogens with two attached hydrogens (primary N) is 1. The Morgan fingerprint density at radius 2 is 2.10 bits per heavy atom. The van der Waals surface area contributed by atoms with Crippen LogP contribution in [0.15, 0.2) is 23.1 Å². The van der Waals surface area contributed by atoms with Gasteiger partial charge in [-0.2, -0.15) is 5.26 Å². The van der Waals surface area contributed by atoms with Gasteiger partial charge in [-0.05, 0) is 30.5 Å². The van der Waals surface area contributed by atoms with Gasteiger partial charge in [0, 0.05) is 12.6 Å². The highest BCUT2D eigenvalue weighted by Gasteiger charge is 2.21. The zero-order valence-corrected chi connectivity index (χ0v) is 12.2. The highest BCUT2D eigenvalue weighted by atomic mass is 32.2. The van der Waals surface area contributed by atoms with E-state index in [1.54, 1.807) is 6.07 Å². The fourth-order valence-corrected chi connectivity index (χ4v) is 3.09. The molecule has 7 heteroatoms.